The number of hydrogen-bond donors (Lipinski definition) is 2. The van der Waals surface area contributed by atoms with Gasteiger partial charge in [-0.3, -0.25) is 9.59 Å². The lowest BCUT2D eigenvalue weighted by Crippen LogP contribution is -2.50. The highest BCUT2D eigenvalue weighted by Crippen LogP contribution is 2.31. The van der Waals surface area contributed by atoms with E-state index in [1.54, 1.807) is 16.7 Å². The molecule has 2 rings (SSSR count). The Bertz CT molecular complexity index is 410. The molecular weight excluding hydrogens is 322 g/mol. The standard InChI is InChI=1S/C15H27N3O2S.ClH/c1-15(2,3)6-13(19)18-9-21-8-12(18)14(20)17-7-11(16)10-4-5-10;/h10-12H,4-9,16H2,1-3H3,(H,17,20);1H. The number of amides is 2. The Hall–Kier alpha value is -0.460. The highest BCUT2D eigenvalue weighted by molar-refractivity contribution is 7.99. The van der Waals surface area contributed by atoms with Crippen LogP contribution in [0.5, 0.6) is 0 Å². The van der Waals surface area contributed by atoms with Crippen LogP contribution in [0.4, 0.5) is 0 Å². The third kappa shape index (κ3) is 5.63. The summed E-state index contributed by atoms with van der Waals surface area (Å²) < 4.78 is 0. The van der Waals surface area contributed by atoms with Gasteiger partial charge in [-0.2, -0.15) is 0 Å². The van der Waals surface area contributed by atoms with E-state index in [9.17, 15) is 9.59 Å². The molecule has 1 heterocycles. The fraction of sp³-hybridized carbons (Fsp3) is 0.867. The Labute approximate surface area is 143 Å². The Morgan fingerprint density at radius 2 is 2.00 bits per heavy atom. The molecule has 7 heteroatoms. The van der Waals surface area contributed by atoms with Crippen LogP contribution in [0.25, 0.3) is 0 Å². The van der Waals surface area contributed by atoms with E-state index >= 15 is 0 Å². The van der Waals surface area contributed by atoms with Crippen LogP contribution >= 0.6 is 24.2 Å². The maximum absolute atomic E-state index is 12.3. The molecule has 2 aliphatic rings. The third-order valence-electron chi connectivity index (χ3n) is 3.93. The first-order valence-electron chi connectivity index (χ1n) is 7.68. The van der Waals surface area contributed by atoms with Crippen LogP contribution in [-0.4, -0.2) is 47.0 Å². The Balaban J connectivity index is 0.00000242. The predicted molar refractivity (Wildman–Crippen MR) is 93.0 cm³/mol. The van der Waals surface area contributed by atoms with E-state index in [0.29, 0.717) is 30.5 Å². The van der Waals surface area contributed by atoms with Gasteiger partial charge in [0.1, 0.15) is 6.04 Å². The van der Waals surface area contributed by atoms with Gasteiger partial charge < -0.3 is 16.0 Å². The average molecular weight is 350 g/mol. The van der Waals surface area contributed by atoms with E-state index < -0.39 is 0 Å². The van der Waals surface area contributed by atoms with E-state index in [1.807, 2.05) is 20.8 Å². The van der Waals surface area contributed by atoms with Gasteiger partial charge in [-0.05, 0) is 24.2 Å². The molecule has 22 heavy (non-hydrogen) atoms. The fourth-order valence-electron chi connectivity index (χ4n) is 2.49. The largest absolute Gasteiger partial charge is 0.353 e. The molecule has 0 aromatic heterocycles. The molecule has 0 spiro atoms. The summed E-state index contributed by atoms with van der Waals surface area (Å²) in [5, 5.41) is 2.92. The van der Waals surface area contributed by atoms with Crippen molar-refractivity contribution >= 4 is 36.0 Å². The molecule has 128 valence electrons. The van der Waals surface area contributed by atoms with Gasteiger partial charge in [0.2, 0.25) is 11.8 Å². The highest BCUT2D eigenvalue weighted by Gasteiger charge is 2.36. The topological polar surface area (TPSA) is 75.4 Å². The number of thioether (sulfide) groups is 1. The van der Waals surface area contributed by atoms with Crippen LogP contribution in [0, 0.1) is 11.3 Å². The molecule has 0 aromatic carbocycles. The number of hydrogen-bond acceptors (Lipinski definition) is 4. The third-order valence-corrected chi connectivity index (χ3v) is 4.94. The Morgan fingerprint density at radius 3 is 2.55 bits per heavy atom. The van der Waals surface area contributed by atoms with Crippen molar-refractivity contribution in [2.75, 3.05) is 18.2 Å². The van der Waals surface area contributed by atoms with Crippen LogP contribution in [-0.2, 0) is 9.59 Å². The smallest absolute Gasteiger partial charge is 0.243 e. The van der Waals surface area contributed by atoms with E-state index in [2.05, 4.69) is 5.32 Å². The summed E-state index contributed by atoms with van der Waals surface area (Å²) in [5.41, 5.74) is 5.95. The van der Waals surface area contributed by atoms with Gasteiger partial charge in [0.15, 0.2) is 0 Å². The lowest BCUT2D eigenvalue weighted by molar-refractivity contribution is -0.139. The van der Waals surface area contributed by atoms with Crippen molar-refractivity contribution in [3.8, 4) is 0 Å². The monoisotopic (exact) mass is 349 g/mol. The van der Waals surface area contributed by atoms with Crippen LogP contribution < -0.4 is 11.1 Å². The summed E-state index contributed by atoms with van der Waals surface area (Å²) in [4.78, 5) is 26.4. The second-order valence-corrected chi connectivity index (χ2v) is 8.36. The molecule has 0 bridgehead atoms. The Morgan fingerprint density at radius 1 is 1.36 bits per heavy atom. The zero-order chi connectivity index (χ0) is 15.6. The fourth-order valence-corrected chi connectivity index (χ4v) is 3.67. The van der Waals surface area contributed by atoms with Gasteiger partial charge >= 0.3 is 0 Å². The minimum absolute atomic E-state index is 0. The van der Waals surface area contributed by atoms with Crippen LogP contribution in [0.1, 0.15) is 40.0 Å². The van der Waals surface area contributed by atoms with Crippen LogP contribution in [0.3, 0.4) is 0 Å². The molecule has 1 saturated carbocycles. The van der Waals surface area contributed by atoms with Gasteiger partial charge in [-0.1, -0.05) is 20.8 Å². The lowest BCUT2D eigenvalue weighted by Gasteiger charge is -2.27. The minimum atomic E-state index is -0.337. The average Bonchev–Trinajstić information content (AvgIpc) is 3.10. The quantitative estimate of drug-likeness (QED) is 0.790. The van der Waals surface area contributed by atoms with E-state index in [0.717, 1.165) is 0 Å². The molecule has 0 radical (unpaired) electrons. The van der Waals surface area contributed by atoms with Gasteiger partial charge in [-0.25, -0.2) is 0 Å². The summed E-state index contributed by atoms with van der Waals surface area (Å²) in [6, 6.07) is -0.280. The van der Waals surface area contributed by atoms with Gasteiger partial charge in [0, 0.05) is 24.8 Å². The molecule has 2 amide bonds. The summed E-state index contributed by atoms with van der Waals surface area (Å²) in [6.07, 6.45) is 2.82. The van der Waals surface area contributed by atoms with Crippen LogP contribution in [0.2, 0.25) is 0 Å². The summed E-state index contributed by atoms with van der Waals surface area (Å²) in [7, 11) is 0. The van der Waals surface area contributed by atoms with E-state index in [-0.39, 0.29) is 41.7 Å². The number of nitrogens with one attached hydrogen (secondary N) is 1. The van der Waals surface area contributed by atoms with Crippen molar-refractivity contribution in [2.24, 2.45) is 17.1 Å². The first-order chi connectivity index (χ1) is 9.78. The van der Waals surface area contributed by atoms with E-state index in [4.69, 9.17) is 5.73 Å². The number of nitrogens with two attached hydrogens (primary N) is 1. The highest BCUT2D eigenvalue weighted by atomic mass is 35.5. The maximum atomic E-state index is 12.3. The molecule has 1 saturated heterocycles. The summed E-state index contributed by atoms with van der Waals surface area (Å²) >= 11 is 1.64. The molecule has 2 unspecified atom stereocenters. The lowest BCUT2D eigenvalue weighted by atomic mass is 9.91. The molecule has 2 fully saturated rings. The normalized spacial score (nSPS) is 22.9. The van der Waals surface area contributed by atoms with Crippen molar-refractivity contribution in [1.82, 2.24) is 10.2 Å². The molecule has 0 aromatic rings. The molecule has 2 atom stereocenters. The molecule has 5 nitrogen and oxygen atoms in total. The molecule has 1 aliphatic heterocycles. The van der Waals surface area contributed by atoms with E-state index in [1.165, 1.54) is 12.8 Å². The van der Waals surface area contributed by atoms with Crippen molar-refractivity contribution < 1.29 is 9.59 Å². The summed E-state index contributed by atoms with van der Waals surface area (Å²) in [6.45, 7) is 6.64. The summed E-state index contributed by atoms with van der Waals surface area (Å²) in [5.74, 6) is 1.88. The van der Waals surface area contributed by atoms with Crippen LogP contribution in [0.15, 0.2) is 0 Å². The molecular formula is C15H28ClN3O2S. The molecule has 1 aliphatic carbocycles. The van der Waals surface area contributed by atoms with Crippen molar-refractivity contribution in [3.05, 3.63) is 0 Å². The first kappa shape index (κ1) is 19.6. The zero-order valence-electron chi connectivity index (χ0n) is 13.6. The number of carbonyl (C=O) groups is 2. The maximum Gasteiger partial charge on any atom is 0.243 e. The number of nitrogens with zero attached hydrogens (tertiary/aromatic N) is 1. The second kappa shape index (κ2) is 7.88. The van der Waals surface area contributed by atoms with Crippen molar-refractivity contribution in [2.45, 2.75) is 52.1 Å². The second-order valence-electron chi connectivity index (χ2n) is 7.36. The SMILES string of the molecule is CC(C)(C)CC(=O)N1CSCC1C(=O)NCC(N)C1CC1.Cl. The number of carbonyl (C=O) groups excluding carboxylic acids is 2. The first-order valence-corrected chi connectivity index (χ1v) is 8.84. The predicted octanol–water partition coefficient (Wildman–Crippen LogP) is 1.60. The van der Waals surface area contributed by atoms with Gasteiger partial charge in [0.25, 0.3) is 0 Å². The van der Waals surface area contributed by atoms with Gasteiger partial charge in [0.05, 0.1) is 5.88 Å². The number of rotatable bonds is 5. The minimum Gasteiger partial charge on any atom is -0.353 e. The zero-order valence-corrected chi connectivity index (χ0v) is 15.3. The molecule has 3 N–H and O–H groups in total. The van der Waals surface area contributed by atoms with Gasteiger partial charge in [-0.15, -0.1) is 24.2 Å². The van der Waals surface area contributed by atoms with Crippen molar-refractivity contribution in [1.29, 1.82) is 0 Å². The van der Waals surface area contributed by atoms with Crippen molar-refractivity contribution in [3.63, 3.8) is 0 Å². The Kier molecular flexibility index (Phi) is 7.02. The number of halogens is 1.